The molecule has 1 unspecified atom stereocenters. The number of rotatable bonds is 7. The normalized spacial score (nSPS) is 18.2. The Morgan fingerprint density at radius 3 is 2.91 bits per heavy atom. The van der Waals surface area contributed by atoms with E-state index in [9.17, 15) is 9.59 Å². The molecule has 1 fully saturated rings. The maximum absolute atomic E-state index is 12.1. The number of nitrogens with one attached hydrogen (secondary N) is 1. The molecular formula is C13H22N6O2S. The fraction of sp³-hybridized carbons (Fsp3) is 0.692. The molecule has 1 aliphatic heterocycles. The summed E-state index contributed by atoms with van der Waals surface area (Å²) in [6.45, 7) is 2.46. The Hall–Kier alpha value is -1.74. The molecule has 0 radical (unpaired) electrons. The summed E-state index contributed by atoms with van der Waals surface area (Å²) < 4.78 is 0. The molecule has 1 aromatic rings. The van der Waals surface area contributed by atoms with Crippen molar-refractivity contribution < 1.29 is 9.59 Å². The first-order valence-corrected chi connectivity index (χ1v) is 8.05. The van der Waals surface area contributed by atoms with Gasteiger partial charge in [0, 0.05) is 39.0 Å². The lowest BCUT2D eigenvalue weighted by Crippen LogP contribution is -2.36. The second-order valence-corrected chi connectivity index (χ2v) is 6.71. The van der Waals surface area contributed by atoms with E-state index in [1.807, 2.05) is 19.0 Å². The van der Waals surface area contributed by atoms with E-state index in [4.69, 9.17) is 5.73 Å². The zero-order chi connectivity index (χ0) is 16.1. The van der Waals surface area contributed by atoms with Gasteiger partial charge in [-0.1, -0.05) is 11.3 Å². The van der Waals surface area contributed by atoms with Gasteiger partial charge in [0.1, 0.15) is 5.01 Å². The molecular weight excluding hydrogens is 304 g/mol. The number of aromatic nitrogens is 2. The van der Waals surface area contributed by atoms with Gasteiger partial charge < -0.3 is 20.9 Å². The fourth-order valence-corrected chi connectivity index (χ4v) is 2.90. The number of likely N-dealkylation sites (tertiary alicyclic amines) is 1. The quantitative estimate of drug-likeness (QED) is 0.679. The van der Waals surface area contributed by atoms with Crippen LogP contribution in [-0.2, 0) is 16.0 Å². The maximum atomic E-state index is 12.1. The average molecular weight is 326 g/mol. The summed E-state index contributed by atoms with van der Waals surface area (Å²) in [5, 5.41) is 11.7. The standard InChI is InChI=1S/C13H22N6O2S/c1-18(2)5-6-19-8-9(7-11(19)20)12(21)15-4-3-10-16-17-13(14)22-10/h9H,3-8H2,1-2H3,(H2,14,17)(H,15,21). The van der Waals surface area contributed by atoms with Crippen LogP contribution in [0, 0.1) is 5.92 Å². The van der Waals surface area contributed by atoms with E-state index in [0.29, 0.717) is 37.6 Å². The van der Waals surface area contributed by atoms with E-state index >= 15 is 0 Å². The predicted octanol–water partition coefficient (Wildman–Crippen LogP) is -0.811. The Morgan fingerprint density at radius 2 is 2.27 bits per heavy atom. The molecule has 3 N–H and O–H groups in total. The largest absolute Gasteiger partial charge is 0.374 e. The lowest BCUT2D eigenvalue weighted by molar-refractivity contribution is -0.129. The van der Waals surface area contributed by atoms with Crippen molar-refractivity contribution in [3.63, 3.8) is 0 Å². The van der Waals surface area contributed by atoms with E-state index in [-0.39, 0.29) is 17.7 Å². The molecule has 1 aliphatic rings. The van der Waals surface area contributed by atoms with Crippen molar-refractivity contribution in [3.05, 3.63) is 5.01 Å². The van der Waals surface area contributed by atoms with E-state index in [1.54, 1.807) is 4.90 Å². The second-order valence-electron chi connectivity index (χ2n) is 5.62. The van der Waals surface area contributed by atoms with E-state index in [0.717, 1.165) is 11.6 Å². The molecule has 0 saturated carbocycles. The zero-order valence-electron chi connectivity index (χ0n) is 12.9. The van der Waals surface area contributed by atoms with Crippen molar-refractivity contribution in [2.45, 2.75) is 12.8 Å². The SMILES string of the molecule is CN(C)CCN1CC(C(=O)NCCc2nnc(N)s2)CC1=O. The molecule has 0 bridgehead atoms. The Kier molecular flexibility index (Phi) is 5.67. The first-order valence-electron chi connectivity index (χ1n) is 7.23. The molecule has 1 saturated heterocycles. The smallest absolute Gasteiger partial charge is 0.225 e. The molecule has 9 heteroatoms. The molecule has 0 aromatic carbocycles. The van der Waals surface area contributed by atoms with Crippen LogP contribution in [0.4, 0.5) is 5.13 Å². The number of anilines is 1. The maximum Gasteiger partial charge on any atom is 0.225 e. The van der Waals surface area contributed by atoms with Crippen molar-refractivity contribution in [2.24, 2.45) is 5.92 Å². The van der Waals surface area contributed by atoms with Crippen molar-refractivity contribution in [1.29, 1.82) is 0 Å². The summed E-state index contributed by atoms with van der Waals surface area (Å²) in [4.78, 5) is 27.8. The van der Waals surface area contributed by atoms with Gasteiger partial charge in [0.05, 0.1) is 5.92 Å². The number of nitrogens with zero attached hydrogens (tertiary/aromatic N) is 4. The van der Waals surface area contributed by atoms with Crippen LogP contribution < -0.4 is 11.1 Å². The summed E-state index contributed by atoms with van der Waals surface area (Å²) in [5.41, 5.74) is 5.50. The first kappa shape index (κ1) is 16.6. The van der Waals surface area contributed by atoms with Gasteiger partial charge >= 0.3 is 0 Å². The van der Waals surface area contributed by atoms with Gasteiger partial charge in [-0.3, -0.25) is 9.59 Å². The number of hydrogen-bond acceptors (Lipinski definition) is 7. The average Bonchev–Trinajstić information content (AvgIpc) is 3.03. The van der Waals surface area contributed by atoms with Crippen LogP contribution in [0.3, 0.4) is 0 Å². The summed E-state index contributed by atoms with van der Waals surface area (Å²) in [6.07, 6.45) is 0.899. The third-order valence-corrected chi connectivity index (χ3v) is 4.34. The van der Waals surface area contributed by atoms with Crippen LogP contribution in [0.1, 0.15) is 11.4 Å². The van der Waals surface area contributed by atoms with Crippen LogP contribution in [0.5, 0.6) is 0 Å². The van der Waals surface area contributed by atoms with Gasteiger partial charge in [0.25, 0.3) is 0 Å². The van der Waals surface area contributed by atoms with Gasteiger partial charge in [-0.25, -0.2) is 0 Å². The van der Waals surface area contributed by atoms with Gasteiger partial charge in [0.2, 0.25) is 16.9 Å². The third-order valence-electron chi connectivity index (χ3n) is 3.52. The summed E-state index contributed by atoms with van der Waals surface area (Å²) in [7, 11) is 3.93. The number of carbonyl (C=O) groups excluding carboxylic acids is 2. The van der Waals surface area contributed by atoms with Crippen LogP contribution in [-0.4, -0.2) is 72.1 Å². The highest BCUT2D eigenvalue weighted by Gasteiger charge is 2.33. The highest BCUT2D eigenvalue weighted by Crippen LogP contribution is 2.17. The molecule has 22 heavy (non-hydrogen) atoms. The number of likely N-dealkylation sites (N-methyl/N-ethyl adjacent to an activating group) is 1. The zero-order valence-corrected chi connectivity index (χ0v) is 13.7. The van der Waals surface area contributed by atoms with Crippen LogP contribution in [0.15, 0.2) is 0 Å². The molecule has 2 heterocycles. The minimum absolute atomic E-state index is 0.0545. The van der Waals surface area contributed by atoms with Crippen molar-refractivity contribution in [1.82, 2.24) is 25.3 Å². The summed E-state index contributed by atoms with van der Waals surface area (Å²) >= 11 is 1.32. The molecule has 1 aromatic heterocycles. The Balaban J connectivity index is 1.72. The molecule has 2 amide bonds. The Labute approximate surface area is 133 Å². The van der Waals surface area contributed by atoms with Gasteiger partial charge in [0.15, 0.2) is 0 Å². The van der Waals surface area contributed by atoms with Crippen LogP contribution in [0.25, 0.3) is 0 Å². The molecule has 8 nitrogen and oxygen atoms in total. The second kappa shape index (κ2) is 7.50. The van der Waals surface area contributed by atoms with Gasteiger partial charge in [-0.15, -0.1) is 10.2 Å². The number of hydrogen-bond donors (Lipinski definition) is 2. The molecule has 122 valence electrons. The van der Waals surface area contributed by atoms with Crippen LogP contribution >= 0.6 is 11.3 Å². The summed E-state index contributed by atoms with van der Waals surface area (Å²) in [6, 6.07) is 0. The Bertz CT molecular complexity index is 532. The highest BCUT2D eigenvalue weighted by atomic mass is 32.1. The molecule has 0 aliphatic carbocycles. The monoisotopic (exact) mass is 326 g/mol. The lowest BCUT2D eigenvalue weighted by atomic mass is 10.1. The van der Waals surface area contributed by atoms with Crippen LogP contribution in [0.2, 0.25) is 0 Å². The topological polar surface area (TPSA) is 104 Å². The number of carbonyl (C=O) groups is 2. The lowest BCUT2D eigenvalue weighted by Gasteiger charge is -2.19. The van der Waals surface area contributed by atoms with E-state index in [1.165, 1.54) is 11.3 Å². The van der Waals surface area contributed by atoms with Crippen molar-refractivity contribution in [3.8, 4) is 0 Å². The number of nitrogen functional groups attached to an aromatic ring is 1. The predicted molar refractivity (Wildman–Crippen MR) is 84.3 cm³/mol. The highest BCUT2D eigenvalue weighted by molar-refractivity contribution is 7.15. The van der Waals surface area contributed by atoms with Gasteiger partial charge in [-0.2, -0.15) is 0 Å². The van der Waals surface area contributed by atoms with E-state index < -0.39 is 0 Å². The third kappa shape index (κ3) is 4.63. The molecule has 0 spiro atoms. The van der Waals surface area contributed by atoms with E-state index in [2.05, 4.69) is 15.5 Å². The summed E-state index contributed by atoms with van der Waals surface area (Å²) in [5.74, 6) is -0.272. The minimum Gasteiger partial charge on any atom is -0.374 e. The number of nitrogens with two attached hydrogens (primary N) is 1. The van der Waals surface area contributed by atoms with Crippen molar-refractivity contribution in [2.75, 3.05) is 46.0 Å². The molecule has 2 rings (SSSR count). The van der Waals surface area contributed by atoms with Crippen molar-refractivity contribution >= 4 is 28.3 Å². The first-order chi connectivity index (χ1) is 10.5. The van der Waals surface area contributed by atoms with Gasteiger partial charge in [-0.05, 0) is 14.1 Å². The molecule has 1 atom stereocenters. The number of amides is 2. The minimum atomic E-state index is -0.255. The Morgan fingerprint density at radius 1 is 1.50 bits per heavy atom. The fourth-order valence-electron chi connectivity index (χ4n) is 2.29.